The van der Waals surface area contributed by atoms with Gasteiger partial charge in [0.25, 0.3) is 0 Å². The number of carbonyl (C=O) groups is 2. The highest BCUT2D eigenvalue weighted by Gasteiger charge is 2.36. The molecule has 0 fully saturated rings. The van der Waals surface area contributed by atoms with Crippen LogP contribution in [0.15, 0.2) is 42.5 Å². The number of ether oxygens (including phenoxy) is 1. The fourth-order valence-electron chi connectivity index (χ4n) is 3.97. The number of carbonyl (C=O) groups excluding carboxylic acids is 2. The molecule has 1 aliphatic rings. The molecular formula is C26H36ClN3O5S. The van der Waals surface area contributed by atoms with E-state index >= 15 is 0 Å². The molecule has 1 aliphatic heterocycles. The van der Waals surface area contributed by atoms with Crippen LogP contribution in [0.4, 0.5) is 16.2 Å². The monoisotopic (exact) mass is 537 g/mol. The SMILES string of the molecule is CN1c2ccc(C(=O)CCCCN(CCc3ccccc3Cl)C(=O)OC(C)(C)C)cc2N(C)S1(O)O. The van der Waals surface area contributed by atoms with Gasteiger partial charge in [0.05, 0.1) is 11.4 Å². The van der Waals surface area contributed by atoms with Crippen molar-refractivity contribution in [3.63, 3.8) is 0 Å². The second-order valence-corrected chi connectivity index (χ2v) is 12.4. The Balaban J connectivity index is 1.57. The minimum Gasteiger partial charge on any atom is -0.444 e. The van der Waals surface area contributed by atoms with Crippen molar-refractivity contribution in [2.75, 3.05) is 35.8 Å². The fourth-order valence-corrected chi connectivity index (χ4v) is 5.40. The normalized spacial score (nSPS) is 15.4. The molecule has 1 amide bonds. The van der Waals surface area contributed by atoms with Crippen LogP contribution in [0.5, 0.6) is 0 Å². The van der Waals surface area contributed by atoms with Crippen molar-refractivity contribution in [2.24, 2.45) is 0 Å². The average Bonchev–Trinajstić information content (AvgIpc) is 2.97. The van der Waals surface area contributed by atoms with Crippen molar-refractivity contribution in [2.45, 2.75) is 52.1 Å². The van der Waals surface area contributed by atoms with Gasteiger partial charge >= 0.3 is 6.09 Å². The van der Waals surface area contributed by atoms with Crippen LogP contribution in [0.2, 0.25) is 5.02 Å². The lowest BCUT2D eigenvalue weighted by Crippen LogP contribution is -2.38. The van der Waals surface area contributed by atoms with Crippen LogP contribution >= 0.6 is 22.6 Å². The Hall–Kier alpha value is -2.46. The smallest absolute Gasteiger partial charge is 0.410 e. The Bertz CT molecular complexity index is 1110. The Morgan fingerprint density at radius 2 is 1.67 bits per heavy atom. The van der Waals surface area contributed by atoms with Gasteiger partial charge in [-0.15, -0.1) is 0 Å². The highest BCUT2D eigenvalue weighted by atomic mass is 35.5. The number of anilines is 2. The van der Waals surface area contributed by atoms with Gasteiger partial charge in [-0.1, -0.05) is 29.8 Å². The number of hydrogen-bond donors (Lipinski definition) is 2. The van der Waals surface area contributed by atoms with E-state index in [9.17, 15) is 18.7 Å². The molecule has 10 heteroatoms. The van der Waals surface area contributed by atoms with Gasteiger partial charge in [-0.2, -0.15) is 0 Å². The second kappa shape index (κ2) is 11.3. The van der Waals surface area contributed by atoms with Gasteiger partial charge < -0.3 is 9.64 Å². The molecule has 0 aliphatic carbocycles. The topological polar surface area (TPSA) is 93.6 Å². The summed E-state index contributed by atoms with van der Waals surface area (Å²) in [7, 11) is 0.122. The average molecular weight is 538 g/mol. The zero-order valence-electron chi connectivity index (χ0n) is 21.5. The molecule has 2 aromatic rings. The second-order valence-electron chi connectivity index (χ2n) is 9.88. The van der Waals surface area contributed by atoms with E-state index in [-0.39, 0.29) is 11.9 Å². The first kappa shape index (κ1) is 28.1. The van der Waals surface area contributed by atoms with Crippen LogP contribution < -0.4 is 8.61 Å². The molecule has 0 bridgehead atoms. The van der Waals surface area contributed by atoms with E-state index in [0.717, 1.165) is 5.56 Å². The molecule has 0 radical (unpaired) electrons. The van der Waals surface area contributed by atoms with E-state index in [4.69, 9.17) is 16.3 Å². The van der Waals surface area contributed by atoms with Crippen molar-refractivity contribution >= 4 is 45.8 Å². The summed E-state index contributed by atoms with van der Waals surface area (Å²) in [6, 6.07) is 12.7. The Morgan fingerprint density at radius 1 is 1.00 bits per heavy atom. The zero-order chi connectivity index (χ0) is 26.7. The van der Waals surface area contributed by atoms with Crippen LogP contribution in [-0.4, -0.2) is 58.7 Å². The first-order chi connectivity index (χ1) is 16.8. The van der Waals surface area contributed by atoms with Crippen molar-refractivity contribution in [3.05, 3.63) is 58.6 Å². The van der Waals surface area contributed by atoms with E-state index in [1.54, 1.807) is 37.2 Å². The molecule has 36 heavy (non-hydrogen) atoms. The summed E-state index contributed by atoms with van der Waals surface area (Å²) in [5, 5.41) is 0.666. The number of halogens is 1. The number of rotatable bonds is 9. The van der Waals surface area contributed by atoms with E-state index in [1.807, 2.05) is 45.0 Å². The first-order valence-corrected chi connectivity index (χ1v) is 13.8. The van der Waals surface area contributed by atoms with Crippen LogP contribution in [-0.2, 0) is 11.2 Å². The summed E-state index contributed by atoms with van der Waals surface area (Å²) in [6.07, 6.45) is 1.79. The first-order valence-electron chi connectivity index (χ1n) is 12.0. The molecule has 0 aromatic heterocycles. The Kier molecular flexibility index (Phi) is 8.82. The van der Waals surface area contributed by atoms with Gasteiger partial charge in [-0.05, 0) is 80.8 Å². The number of fused-ring (bicyclic) bond motifs is 1. The molecule has 0 saturated heterocycles. The number of Topliss-reactive ketones (excluding diaryl/α,β-unsaturated/α-hetero) is 1. The predicted octanol–water partition coefficient (Wildman–Crippen LogP) is 6.64. The summed E-state index contributed by atoms with van der Waals surface area (Å²) >= 11 is 6.28. The molecular weight excluding hydrogens is 502 g/mol. The zero-order valence-corrected chi connectivity index (χ0v) is 23.1. The highest BCUT2D eigenvalue weighted by Crippen LogP contribution is 2.59. The minimum absolute atomic E-state index is 0.0304. The maximum Gasteiger partial charge on any atom is 0.410 e. The van der Waals surface area contributed by atoms with Gasteiger partial charge in [0.2, 0.25) is 0 Å². The fraction of sp³-hybridized carbons (Fsp3) is 0.462. The van der Waals surface area contributed by atoms with Gasteiger partial charge in [0.1, 0.15) is 5.60 Å². The van der Waals surface area contributed by atoms with Gasteiger partial charge in [-0.3, -0.25) is 22.5 Å². The van der Waals surface area contributed by atoms with E-state index in [0.29, 0.717) is 60.7 Å². The highest BCUT2D eigenvalue weighted by molar-refractivity contribution is 8.26. The molecule has 0 unspecified atom stereocenters. The van der Waals surface area contributed by atoms with Crippen LogP contribution in [0.3, 0.4) is 0 Å². The summed E-state index contributed by atoms with van der Waals surface area (Å²) in [6.45, 7) is 6.43. The predicted molar refractivity (Wildman–Crippen MR) is 147 cm³/mol. The number of nitrogens with zero attached hydrogens (tertiary/aromatic N) is 3. The Morgan fingerprint density at radius 3 is 2.33 bits per heavy atom. The van der Waals surface area contributed by atoms with Crippen molar-refractivity contribution in [1.82, 2.24) is 4.90 Å². The van der Waals surface area contributed by atoms with Gasteiger partial charge in [-0.25, -0.2) is 4.79 Å². The summed E-state index contributed by atoms with van der Waals surface area (Å²) in [4.78, 5) is 27.3. The number of unbranched alkanes of at least 4 members (excludes halogenated alkanes) is 1. The van der Waals surface area contributed by atoms with Crippen LogP contribution in [0.25, 0.3) is 0 Å². The Labute approximate surface area is 220 Å². The van der Waals surface area contributed by atoms with E-state index in [1.165, 1.54) is 8.61 Å². The van der Waals surface area contributed by atoms with Crippen molar-refractivity contribution in [3.8, 4) is 0 Å². The maximum absolute atomic E-state index is 12.8. The molecule has 2 aromatic carbocycles. The standard InChI is InChI=1S/C26H36ClN3O5S/c1-26(2,3)35-25(32)30(17-15-19-10-6-7-11-21(19)27)16-9-8-12-24(31)20-13-14-22-23(18-20)29(5)36(33,34)28(22)4/h6-7,10-11,13-14,18,33-34H,8-9,12,15-17H2,1-5H3. The van der Waals surface area contributed by atoms with E-state index in [2.05, 4.69) is 0 Å². The molecule has 8 nitrogen and oxygen atoms in total. The molecule has 3 rings (SSSR count). The number of benzene rings is 2. The van der Waals surface area contributed by atoms with Gasteiger partial charge in [0, 0.05) is 44.2 Å². The summed E-state index contributed by atoms with van der Waals surface area (Å²) in [5.74, 6) is -0.0304. The quantitative estimate of drug-likeness (QED) is 0.273. The minimum atomic E-state index is -3.09. The van der Waals surface area contributed by atoms with Crippen LogP contribution in [0.1, 0.15) is 56.0 Å². The maximum atomic E-state index is 12.8. The number of ketones is 1. The molecule has 2 N–H and O–H groups in total. The lowest BCUT2D eigenvalue weighted by Gasteiger charge is -2.40. The van der Waals surface area contributed by atoms with Crippen LogP contribution in [0, 0.1) is 0 Å². The molecule has 0 spiro atoms. The summed E-state index contributed by atoms with van der Waals surface area (Å²) in [5.41, 5.74) is 2.16. The van der Waals surface area contributed by atoms with Crippen molar-refractivity contribution < 1.29 is 23.4 Å². The third-order valence-electron chi connectivity index (χ3n) is 6.05. The van der Waals surface area contributed by atoms with E-state index < -0.39 is 16.6 Å². The third kappa shape index (κ3) is 6.64. The molecule has 198 valence electrons. The molecule has 0 saturated carbocycles. The summed E-state index contributed by atoms with van der Waals surface area (Å²) < 4.78 is 29.0. The lowest BCUT2D eigenvalue weighted by atomic mass is 10.0. The van der Waals surface area contributed by atoms with Gasteiger partial charge in [0.15, 0.2) is 5.78 Å². The largest absolute Gasteiger partial charge is 0.444 e. The lowest BCUT2D eigenvalue weighted by molar-refractivity contribution is 0.0249. The molecule has 1 heterocycles. The third-order valence-corrected chi connectivity index (χ3v) is 8.29. The number of hydrogen-bond acceptors (Lipinski definition) is 7. The number of amides is 1. The molecule has 0 atom stereocenters. The van der Waals surface area contributed by atoms with Crippen molar-refractivity contribution in [1.29, 1.82) is 0 Å².